The first-order valence-electron chi connectivity index (χ1n) is 5.72. The third-order valence-electron chi connectivity index (χ3n) is 2.15. The standard InChI is InChI=1S/C14H21NO2/c1-11(17-14(2,3)4)15-13(10-16)12-8-6-5-7-9-12/h5-9,13,15-16H,1,10H2,2-4H3. The van der Waals surface area contributed by atoms with Gasteiger partial charge in [-0.3, -0.25) is 0 Å². The number of hydrogen-bond donors (Lipinski definition) is 2. The molecule has 2 N–H and O–H groups in total. The van der Waals surface area contributed by atoms with E-state index in [1.807, 2.05) is 51.1 Å². The Morgan fingerprint density at radius 3 is 2.41 bits per heavy atom. The Hall–Kier alpha value is -1.48. The van der Waals surface area contributed by atoms with Crippen LogP contribution in [0.4, 0.5) is 0 Å². The smallest absolute Gasteiger partial charge is 0.180 e. The molecule has 0 aliphatic carbocycles. The average Bonchev–Trinajstić information content (AvgIpc) is 2.24. The molecule has 1 atom stereocenters. The summed E-state index contributed by atoms with van der Waals surface area (Å²) in [6.45, 7) is 9.67. The van der Waals surface area contributed by atoms with Gasteiger partial charge >= 0.3 is 0 Å². The largest absolute Gasteiger partial charge is 0.474 e. The van der Waals surface area contributed by atoms with Gasteiger partial charge in [0.15, 0.2) is 5.88 Å². The molecule has 94 valence electrons. The first kappa shape index (κ1) is 13.6. The van der Waals surface area contributed by atoms with Crippen LogP contribution in [-0.2, 0) is 4.74 Å². The van der Waals surface area contributed by atoms with Crippen molar-refractivity contribution in [1.29, 1.82) is 0 Å². The quantitative estimate of drug-likeness (QED) is 0.771. The van der Waals surface area contributed by atoms with Crippen molar-refractivity contribution in [2.75, 3.05) is 6.61 Å². The van der Waals surface area contributed by atoms with Crippen molar-refractivity contribution in [2.45, 2.75) is 32.4 Å². The van der Waals surface area contributed by atoms with Crippen LogP contribution in [-0.4, -0.2) is 17.3 Å². The lowest BCUT2D eigenvalue weighted by Gasteiger charge is -2.26. The number of benzene rings is 1. The van der Waals surface area contributed by atoms with E-state index in [0.717, 1.165) is 5.56 Å². The number of ether oxygens (including phenoxy) is 1. The van der Waals surface area contributed by atoms with E-state index in [4.69, 9.17) is 4.74 Å². The van der Waals surface area contributed by atoms with Crippen LogP contribution >= 0.6 is 0 Å². The summed E-state index contributed by atoms with van der Waals surface area (Å²) in [7, 11) is 0. The summed E-state index contributed by atoms with van der Waals surface area (Å²) in [6, 6.07) is 9.54. The second-order valence-corrected chi connectivity index (χ2v) is 4.93. The molecule has 0 heterocycles. The second kappa shape index (κ2) is 5.73. The maximum atomic E-state index is 9.37. The number of nitrogens with one attached hydrogen (secondary N) is 1. The highest BCUT2D eigenvalue weighted by Crippen LogP contribution is 2.16. The topological polar surface area (TPSA) is 41.5 Å². The monoisotopic (exact) mass is 235 g/mol. The minimum atomic E-state index is -0.291. The molecule has 1 rings (SSSR count). The van der Waals surface area contributed by atoms with Crippen LogP contribution < -0.4 is 5.32 Å². The van der Waals surface area contributed by atoms with E-state index in [-0.39, 0.29) is 18.2 Å². The molecule has 0 aliphatic rings. The maximum Gasteiger partial charge on any atom is 0.180 e. The Bertz CT molecular complexity index is 354. The minimum Gasteiger partial charge on any atom is -0.474 e. The molecular weight excluding hydrogens is 214 g/mol. The van der Waals surface area contributed by atoms with E-state index in [1.165, 1.54) is 0 Å². The molecule has 3 nitrogen and oxygen atoms in total. The van der Waals surface area contributed by atoms with Gasteiger partial charge in [0.25, 0.3) is 0 Å². The SMILES string of the molecule is C=C(NC(CO)c1ccccc1)OC(C)(C)C. The third-order valence-corrected chi connectivity index (χ3v) is 2.15. The van der Waals surface area contributed by atoms with E-state index in [2.05, 4.69) is 11.9 Å². The average molecular weight is 235 g/mol. The van der Waals surface area contributed by atoms with Crippen LogP contribution in [0.25, 0.3) is 0 Å². The molecule has 0 aliphatic heterocycles. The van der Waals surface area contributed by atoms with Gasteiger partial charge in [0.2, 0.25) is 0 Å². The third kappa shape index (κ3) is 4.91. The van der Waals surface area contributed by atoms with Gasteiger partial charge in [-0.2, -0.15) is 0 Å². The van der Waals surface area contributed by atoms with Crippen molar-refractivity contribution in [2.24, 2.45) is 0 Å². The van der Waals surface area contributed by atoms with Gasteiger partial charge in [0.1, 0.15) is 5.60 Å². The molecule has 0 saturated heterocycles. The minimum absolute atomic E-state index is 0.00344. The fraction of sp³-hybridized carbons (Fsp3) is 0.429. The summed E-state index contributed by atoms with van der Waals surface area (Å²) >= 11 is 0. The molecule has 1 aromatic carbocycles. The van der Waals surface area contributed by atoms with E-state index < -0.39 is 0 Å². The van der Waals surface area contributed by atoms with Gasteiger partial charge in [0, 0.05) is 0 Å². The van der Waals surface area contributed by atoms with Gasteiger partial charge < -0.3 is 15.2 Å². The molecule has 3 heteroatoms. The zero-order valence-electron chi connectivity index (χ0n) is 10.7. The molecule has 0 amide bonds. The van der Waals surface area contributed by atoms with Gasteiger partial charge in [-0.1, -0.05) is 30.3 Å². The normalized spacial score (nSPS) is 12.9. The lowest BCUT2D eigenvalue weighted by Crippen LogP contribution is -2.29. The Balaban J connectivity index is 2.62. The fourth-order valence-corrected chi connectivity index (χ4v) is 1.51. The number of rotatable bonds is 5. The van der Waals surface area contributed by atoms with Gasteiger partial charge in [-0.05, 0) is 32.9 Å². The van der Waals surface area contributed by atoms with Crippen LogP contribution in [0.5, 0.6) is 0 Å². The fourth-order valence-electron chi connectivity index (χ4n) is 1.51. The van der Waals surface area contributed by atoms with Crippen molar-refractivity contribution >= 4 is 0 Å². The van der Waals surface area contributed by atoms with Crippen LogP contribution in [0.3, 0.4) is 0 Å². The molecule has 0 radical (unpaired) electrons. The highest BCUT2D eigenvalue weighted by molar-refractivity contribution is 5.19. The Kier molecular flexibility index (Phi) is 4.58. The van der Waals surface area contributed by atoms with E-state index in [0.29, 0.717) is 5.88 Å². The van der Waals surface area contributed by atoms with Gasteiger partial charge in [0.05, 0.1) is 12.6 Å². The van der Waals surface area contributed by atoms with Crippen molar-refractivity contribution in [1.82, 2.24) is 5.32 Å². The first-order valence-corrected chi connectivity index (χ1v) is 5.72. The summed E-state index contributed by atoms with van der Waals surface area (Å²) in [6.07, 6.45) is 0. The summed E-state index contributed by atoms with van der Waals surface area (Å²) < 4.78 is 5.57. The molecule has 17 heavy (non-hydrogen) atoms. The zero-order chi connectivity index (χ0) is 12.9. The van der Waals surface area contributed by atoms with Crippen LogP contribution in [0, 0.1) is 0 Å². The number of hydrogen-bond acceptors (Lipinski definition) is 3. The first-order chi connectivity index (χ1) is 7.92. The molecule has 1 aromatic rings. The maximum absolute atomic E-state index is 9.37. The van der Waals surface area contributed by atoms with Crippen LogP contribution in [0.15, 0.2) is 42.8 Å². The summed E-state index contributed by atoms with van der Waals surface area (Å²) in [5.41, 5.74) is 0.717. The lowest BCUT2D eigenvalue weighted by molar-refractivity contribution is 0.0356. The van der Waals surface area contributed by atoms with E-state index in [1.54, 1.807) is 0 Å². The highest BCUT2D eigenvalue weighted by atomic mass is 16.5. The Morgan fingerprint density at radius 1 is 1.35 bits per heavy atom. The predicted octanol–water partition coefficient (Wildman–Crippen LogP) is 2.60. The number of aliphatic hydroxyl groups excluding tert-OH is 1. The highest BCUT2D eigenvalue weighted by Gasteiger charge is 2.16. The molecule has 0 aromatic heterocycles. The summed E-state index contributed by atoms with van der Waals surface area (Å²) in [4.78, 5) is 0. The molecule has 0 fully saturated rings. The lowest BCUT2D eigenvalue weighted by atomic mass is 10.1. The zero-order valence-corrected chi connectivity index (χ0v) is 10.7. The molecule has 1 unspecified atom stereocenters. The predicted molar refractivity (Wildman–Crippen MR) is 69.4 cm³/mol. The van der Waals surface area contributed by atoms with Crippen molar-refractivity contribution in [3.63, 3.8) is 0 Å². The van der Waals surface area contributed by atoms with E-state index in [9.17, 15) is 5.11 Å². The Labute approximate surface area is 103 Å². The van der Waals surface area contributed by atoms with Gasteiger partial charge in [-0.15, -0.1) is 0 Å². The molecule has 0 saturated carbocycles. The van der Waals surface area contributed by atoms with Crippen LogP contribution in [0.2, 0.25) is 0 Å². The summed E-state index contributed by atoms with van der Waals surface area (Å²) in [5.74, 6) is 0.473. The van der Waals surface area contributed by atoms with Gasteiger partial charge in [-0.25, -0.2) is 0 Å². The molecule has 0 bridgehead atoms. The molecule has 0 spiro atoms. The number of aliphatic hydroxyl groups is 1. The van der Waals surface area contributed by atoms with Crippen LogP contribution in [0.1, 0.15) is 32.4 Å². The van der Waals surface area contributed by atoms with Crippen molar-refractivity contribution in [3.8, 4) is 0 Å². The van der Waals surface area contributed by atoms with E-state index >= 15 is 0 Å². The van der Waals surface area contributed by atoms with Crippen molar-refractivity contribution in [3.05, 3.63) is 48.4 Å². The Morgan fingerprint density at radius 2 is 1.94 bits per heavy atom. The molecular formula is C14H21NO2. The van der Waals surface area contributed by atoms with Crippen molar-refractivity contribution < 1.29 is 9.84 Å². The summed E-state index contributed by atoms with van der Waals surface area (Å²) in [5, 5.41) is 12.4. The second-order valence-electron chi connectivity index (χ2n) is 4.93.